The lowest BCUT2D eigenvalue weighted by Crippen LogP contribution is -1.96. The molecule has 1 nitrogen and oxygen atoms in total. The molecule has 0 aromatic heterocycles. The minimum atomic E-state index is 0.604. The molecule has 0 radical (unpaired) electrons. The summed E-state index contributed by atoms with van der Waals surface area (Å²) in [5.41, 5.74) is 1.18. The van der Waals surface area contributed by atoms with Gasteiger partial charge in [0.25, 0.3) is 0 Å². The zero-order valence-corrected chi connectivity index (χ0v) is 12.2. The highest BCUT2D eigenvalue weighted by molar-refractivity contribution is 14.1. The van der Waals surface area contributed by atoms with E-state index in [1.165, 1.54) is 5.56 Å². The minimum Gasteiger partial charge on any atom is -0.488 e. The summed E-state index contributed by atoms with van der Waals surface area (Å²) in [6.45, 7) is 0.604. The minimum absolute atomic E-state index is 0.604. The molecule has 0 saturated carbocycles. The molecular weight excluding hydrogens is 379 g/mol. The van der Waals surface area contributed by atoms with Crippen LogP contribution >= 0.6 is 38.5 Å². The molecule has 0 bridgehead atoms. The summed E-state index contributed by atoms with van der Waals surface area (Å²) in [5, 5.41) is 0. The number of halogens is 2. The lowest BCUT2D eigenvalue weighted by molar-refractivity contribution is 0.304. The van der Waals surface area contributed by atoms with Crippen molar-refractivity contribution in [1.29, 1.82) is 0 Å². The van der Waals surface area contributed by atoms with Gasteiger partial charge in [-0.1, -0.05) is 46.3 Å². The molecule has 3 heteroatoms. The van der Waals surface area contributed by atoms with E-state index in [1.54, 1.807) is 0 Å². The summed E-state index contributed by atoms with van der Waals surface area (Å²) in [5.74, 6) is 0.916. The molecule has 0 atom stereocenters. The maximum atomic E-state index is 5.77. The highest BCUT2D eigenvalue weighted by Gasteiger charge is 2.01. The van der Waals surface area contributed by atoms with E-state index in [4.69, 9.17) is 4.74 Å². The molecule has 0 aliphatic heterocycles. The first-order valence-electron chi connectivity index (χ1n) is 4.87. The Kier molecular flexibility index (Phi) is 4.23. The van der Waals surface area contributed by atoms with Crippen LogP contribution in [0.1, 0.15) is 5.56 Å². The van der Waals surface area contributed by atoms with Crippen molar-refractivity contribution in [1.82, 2.24) is 0 Å². The third-order valence-corrected chi connectivity index (χ3v) is 3.51. The second kappa shape index (κ2) is 5.68. The molecule has 2 aromatic rings. The Hall–Kier alpha value is -0.550. The van der Waals surface area contributed by atoms with Crippen molar-refractivity contribution < 1.29 is 4.74 Å². The van der Waals surface area contributed by atoms with Crippen molar-refractivity contribution in [2.75, 3.05) is 0 Å². The van der Waals surface area contributed by atoms with Gasteiger partial charge in [-0.2, -0.15) is 0 Å². The molecule has 0 aliphatic rings. The summed E-state index contributed by atoms with van der Waals surface area (Å²) in [7, 11) is 0. The lowest BCUT2D eigenvalue weighted by atomic mass is 10.2. The number of ether oxygens (including phenoxy) is 1. The van der Waals surface area contributed by atoms with Crippen molar-refractivity contribution >= 4 is 38.5 Å². The summed E-state index contributed by atoms with van der Waals surface area (Å²) < 4.78 is 7.93. The van der Waals surface area contributed by atoms with Crippen molar-refractivity contribution in [3.63, 3.8) is 0 Å². The summed E-state index contributed by atoms with van der Waals surface area (Å²) in [4.78, 5) is 0. The van der Waals surface area contributed by atoms with Crippen LogP contribution in [0.15, 0.2) is 53.0 Å². The van der Waals surface area contributed by atoms with Crippen LogP contribution in [-0.2, 0) is 6.61 Å². The monoisotopic (exact) mass is 388 g/mol. The molecule has 0 N–H and O–H groups in total. The smallest absolute Gasteiger partial charge is 0.134 e. The van der Waals surface area contributed by atoms with E-state index in [2.05, 4.69) is 50.7 Å². The van der Waals surface area contributed by atoms with Crippen LogP contribution in [0, 0.1) is 3.57 Å². The quantitative estimate of drug-likeness (QED) is 0.696. The zero-order chi connectivity index (χ0) is 11.4. The Morgan fingerprint density at radius 3 is 2.56 bits per heavy atom. The van der Waals surface area contributed by atoms with E-state index in [0.717, 1.165) is 13.8 Å². The number of hydrogen-bond acceptors (Lipinski definition) is 1. The Morgan fingerprint density at radius 1 is 1.06 bits per heavy atom. The van der Waals surface area contributed by atoms with Gasteiger partial charge in [-0.05, 0) is 46.4 Å². The Morgan fingerprint density at radius 2 is 1.81 bits per heavy atom. The van der Waals surface area contributed by atoms with Crippen LogP contribution in [0.25, 0.3) is 0 Å². The number of hydrogen-bond donors (Lipinski definition) is 0. The van der Waals surface area contributed by atoms with Crippen molar-refractivity contribution in [3.05, 3.63) is 62.1 Å². The third kappa shape index (κ3) is 3.22. The summed E-state index contributed by atoms with van der Waals surface area (Å²) >= 11 is 5.71. The van der Waals surface area contributed by atoms with Gasteiger partial charge in [0.15, 0.2) is 0 Å². The zero-order valence-electron chi connectivity index (χ0n) is 8.49. The maximum absolute atomic E-state index is 5.77. The first-order chi connectivity index (χ1) is 7.75. The molecule has 0 unspecified atom stereocenters. The largest absolute Gasteiger partial charge is 0.488 e. The Balaban J connectivity index is 2.08. The van der Waals surface area contributed by atoms with Crippen molar-refractivity contribution in [2.24, 2.45) is 0 Å². The predicted molar refractivity (Wildman–Crippen MR) is 77.6 cm³/mol. The fraction of sp³-hybridized carbons (Fsp3) is 0.0769. The van der Waals surface area contributed by atoms with Crippen LogP contribution in [-0.4, -0.2) is 0 Å². The van der Waals surface area contributed by atoms with Gasteiger partial charge >= 0.3 is 0 Å². The standard InChI is InChI=1S/C13H10BrIO/c14-11-6-7-12(15)13(8-11)16-9-10-4-2-1-3-5-10/h1-8H,9H2. The predicted octanol–water partition coefficient (Wildman–Crippen LogP) is 4.63. The van der Waals surface area contributed by atoms with Crippen LogP contribution in [0.3, 0.4) is 0 Å². The summed E-state index contributed by atoms with van der Waals surface area (Å²) in [6.07, 6.45) is 0. The van der Waals surface area contributed by atoms with E-state index in [9.17, 15) is 0 Å². The fourth-order valence-electron chi connectivity index (χ4n) is 1.32. The van der Waals surface area contributed by atoms with Crippen LogP contribution < -0.4 is 4.74 Å². The molecule has 0 spiro atoms. The molecule has 16 heavy (non-hydrogen) atoms. The average Bonchev–Trinajstić information content (AvgIpc) is 2.32. The first-order valence-corrected chi connectivity index (χ1v) is 6.74. The summed E-state index contributed by atoms with van der Waals surface area (Å²) in [6, 6.07) is 16.2. The van der Waals surface area contributed by atoms with Gasteiger partial charge in [0.05, 0.1) is 3.57 Å². The normalized spacial score (nSPS) is 10.1. The van der Waals surface area contributed by atoms with E-state index in [1.807, 2.05) is 36.4 Å². The molecule has 82 valence electrons. The van der Waals surface area contributed by atoms with Gasteiger partial charge in [0.1, 0.15) is 12.4 Å². The van der Waals surface area contributed by atoms with Gasteiger partial charge in [-0.15, -0.1) is 0 Å². The van der Waals surface area contributed by atoms with E-state index < -0.39 is 0 Å². The average molecular weight is 389 g/mol. The van der Waals surface area contributed by atoms with Gasteiger partial charge in [0, 0.05) is 4.47 Å². The Labute approximate surface area is 117 Å². The molecular formula is C13H10BrIO. The van der Waals surface area contributed by atoms with E-state index in [-0.39, 0.29) is 0 Å². The first kappa shape index (κ1) is 11.9. The number of benzene rings is 2. The highest BCUT2D eigenvalue weighted by atomic mass is 127. The van der Waals surface area contributed by atoms with Gasteiger partial charge in [0.2, 0.25) is 0 Å². The maximum Gasteiger partial charge on any atom is 0.134 e. The van der Waals surface area contributed by atoms with Gasteiger partial charge in [-0.3, -0.25) is 0 Å². The van der Waals surface area contributed by atoms with Crippen LogP contribution in [0.2, 0.25) is 0 Å². The van der Waals surface area contributed by atoms with Gasteiger partial charge < -0.3 is 4.74 Å². The van der Waals surface area contributed by atoms with E-state index in [0.29, 0.717) is 6.61 Å². The molecule has 0 fully saturated rings. The molecule has 0 heterocycles. The fourth-order valence-corrected chi connectivity index (χ4v) is 2.15. The lowest BCUT2D eigenvalue weighted by Gasteiger charge is -2.08. The van der Waals surface area contributed by atoms with Crippen molar-refractivity contribution in [2.45, 2.75) is 6.61 Å². The number of rotatable bonds is 3. The molecule has 2 aromatic carbocycles. The van der Waals surface area contributed by atoms with E-state index >= 15 is 0 Å². The third-order valence-electron chi connectivity index (χ3n) is 2.13. The molecule has 2 rings (SSSR count). The second-order valence-electron chi connectivity index (χ2n) is 3.35. The molecule has 0 aliphatic carbocycles. The van der Waals surface area contributed by atoms with Gasteiger partial charge in [-0.25, -0.2) is 0 Å². The molecule has 0 saturated heterocycles. The highest BCUT2D eigenvalue weighted by Crippen LogP contribution is 2.25. The van der Waals surface area contributed by atoms with Crippen LogP contribution in [0.4, 0.5) is 0 Å². The second-order valence-corrected chi connectivity index (χ2v) is 5.43. The molecule has 0 amide bonds. The SMILES string of the molecule is Brc1ccc(I)c(OCc2ccccc2)c1. The Bertz CT molecular complexity index is 471. The van der Waals surface area contributed by atoms with Crippen LogP contribution in [0.5, 0.6) is 5.75 Å². The topological polar surface area (TPSA) is 9.23 Å². The van der Waals surface area contributed by atoms with Crippen molar-refractivity contribution in [3.8, 4) is 5.75 Å².